The average molecular weight is 251 g/mol. The predicted molar refractivity (Wildman–Crippen MR) is 68.9 cm³/mol. The number of rotatable bonds is 4. The minimum absolute atomic E-state index is 0.0537. The molecular formula is C12H17N3O3. The number of morpholine rings is 1. The minimum atomic E-state index is -0.366. The highest BCUT2D eigenvalue weighted by Gasteiger charge is 2.18. The second kappa shape index (κ2) is 5.79. The number of nitrogens with one attached hydrogen (secondary N) is 2. The number of nitro benzene ring substituents is 1. The van der Waals surface area contributed by atoms with Crippen LogP contribution in [0.4, 0.5) is 11.4 Å². The lowest BCUT2D eigenvalue weighted by molar-refractivity contribution is -0.384. The zero-order valence-electron chi connectivity index (χ0n) is 10.3. The van der Waals surface area contributed by atoms with E-state index in [9.17, 15) is 10.1 Å². The lowest BCUT2D eigenvalue weighted by Crippen LogP contribution is -2.42. The maximum absolute atomic E-state index is 10.9. The summed E-state index contributed by atoms with van der Waals surface area (Å²) in [4.78, 5) is 10.6. The number of ether oxygens (including phenoxy) is 1. The van der Waals surface area contributed by atoms with E-state index in [1.165, 1.54) is 6.07 Å². The molecule has 18 heavy (non-hydrogen) atoms. The van der Waals surface area contributed by atoms with Crippen molar-refractivity contribution < 1.29 is 9.66 Å². The highest BCUT2D eigenvalue weighted by Crippen LogP contribution is 2.27. The molecule has 1 heterocycles. The van der Waals surface area contributed by atoms with Gasteiger partial charge in [-0.25, -0.2) is 0 Å². The fourth-order valence-electron chi connectivity index (χ4n) is 2.00. The van der Waals surface area contributed by atoms with E-state index in [-0.39, 0.29) is 16.7 Å². The third-order valence-electron chi connectivity index (χ3n) is 2.96. The van der Waals surface area contributed by atoms with Crippen molar-refractivity contribution in [2.45, 2.75) is 13.0 Å². The standard InChI is InChI=1S/C12H17N3O3/c1-9-3-2-4-11(15(16)17)12(9)14-8-10-7-13-5-6-18-10/h2-4,10,13-14H,5-8H2,1H3. The van der Waals surface area contributed by atoms with Gasteiger partial charge in [0.2, 0.25) is 0 Å². The SMILES string of the molecule is Cc1cccc([N+](=O)[O-])c1NCC1CNCCO1. The van der Waals surface area contributed by atoms with Crippen LogP contribution in [0.3, 0.4) is 0 Å². The fourth-order valence-corrected chi connectivity index (χ4v) is 2.00. The third-order valence-corrected chi connectivity index (χ3v) is 2.96. The van der Waals surface area contributed by atoms with Gasteiger partial charge in [0.25, 0.3) is 5.69 Å². The van der Waals surface area contributed by atoms with Crippen molar-refractivity contribution in [3.63, 3.8) is 0 Å². The van der Waals surface area contributed by atoms with Gasteiger partial charge >= 0.3 is 0 Å². The molecule has 0 bridgehead atoms. The lowest BCUT2D eigenvalue weighted by atomic mass is 10.1. The molecule has 1 aliphatic rings. The zero-order valence-corrected chi connectivity index (χ0v) is 10.3. The van der Waals surface area contributed by atoms with Gasteiger partial charge in [0.05, 0.1) is 17.6 Å². The molecule has 1 atom stereocenters. The number of aryl methyl sites for hydroxylation is 1. The largest absolute Gasteiger partial charge is 0.377 e. The number of benzene rings is 1. The Morgan fingerprint density at radius 2 is 2.44 bits per heavy atom. The van der Waals surface area contributed by atoms with Crippen LogP contribution in [0, 0.1) is 17.0 Å². The molecule has 1 aliphatic heterocycles. The van der Waals surface area contributed by atoms with Gasteiger partial charge in [-0.2, -0.15) is 0 Å². The molecule has 0 amide bonds. The molecule has 0 saturated carbocycles. The third kappa shape index (κ3) is 2.96. The van der Waals surface area contributed by atoms with Gasteiger partial charge in [-0.1, -0.05) is 12.1 Å². The second-order valence-electron chi connectivity index (χ2n) is 4.30. The topological polar surface area (TPSA) is 76.4 Å². The van der Waals surface area contributed by atoms with Crippen LogP contribution in [-0.2, 0) is 4.74 Å². The Labute approximate surface area is 105 Å². The van der Waals surface area contributed by atoms with Crippen LogP contribution >= 0.6 is 0 Å². The summed E-state index contributed by atoms with van der Waals surface area (Å²) in [5.41, 5.74) is 1.56. The molecular weight excluding hydrogens is 234 g/mol. The summed E-state index contributed by atoms with van der Waals surface area (Å²) in [5.74, 6) is 0. The Morgan fingerprint density at radius 3 is 3.11 bits per heavy atom. The van der Waals surface area contributed by atoms with Crippen molar-refractivity contribution in [2.24, 2.45) is 0 Å². The Hall–Kier alpha value is -1.66. The van der Waals surface area contributed by atoms with Crippen LogP contribution in [-0.4, -0.2) is 37.3 Å². The van der Waals surface area contributed by atoms with Gasteiger partial charge in [0.15, 0.2) is 0 Å². The molecule has 1 aromatic carbocycles. The van der Waals surface area contributed by atoms with Crippen molar-refractivity contribution in [1.29, 1.82) is 0 Å². The van der Waals surface area contributed by atoms with Crippen molar-refractivity contribution in [1.82, 2.24) is 5.32 Å². The van der Waals surface area contributed by atoms with Gasteiger partial charge in [-0.05, 0) is 12.5 Å². The van der Waals surface area contributed by atoms with Gasteiger partial charge in [0.1, 0.15) is 5.69 Å². The van der Waals surface area contributed by atoms with E-state index in [0.717, 1.165) is 18.7 Å². The summed E-state index contributed by atoms with van der Waals surface area (Å²) in [5, 5.41) is 17.3. The Morgan fingerprint density at radius 1 is 1.61 bits per heavy atom. The minimum Gasteiger partial charge on any atom is -0.377 e. The summed E-state index contributed by atoms with van der Waals surface area (Å²) in [6.45, 7) is 4.74. The van der Waals surface area contributed by atoms with E-state index < -0.39 is 0 Å². The molecule has 0 radical (unpaired) electrons. The van der Waals surface area contributed by atoms with E-state index in [1.54, 1.807) is 6.07 Å². The molecule has 0 aromatic heterocycles. The average Bonchev–Trinajstić information content (AvgIpc) is 2.38. The van der Waals surface area contributed by atoms with Crippen LogP contribution in [0.2, 0.25) is 0 Å². The lowest BCUT2D eigenvalue weighted by Gasteiger charge is -2.24. The first-order chi connectivity index (χ1) is 8.68. The molecule has 6 nitrogen and oxygen atoms in total. The fraction of sp³-hybridized carbons (Fsp3) is 0.500. The highest BCUT2D eigenvalue weighted by molar-refractivity contribution is 5.65. The molecule has 1 unspecified atom stereocenters. The summed E-state index contributed by atoms with van der Waals surface area (Å²) >= 11 is 0. The van der Waals surface area contributed by atoms with Crippen LogP contribution in [0.1, 0.15) is 5.56 Å². The quantitative estimate of drug-likeness (QED) is 0.623. The highest BCUT2D eigenvalue weighted by atomic mass is 16.6. The first-order valence-corrected chi connectivity index (χ1v) is 5.98. The number of nitrogens with zero attached hydrogens (tertiary/aromatic N) is 1. The predicted octanol–water partition coefficient (Wildman–Crippen LogP) is 1.30. The Balaban J connectivity index is 2.05. The molecule has 2 N–H and O–H groups in total. The number of hydrogen-bond donors (Lipinski definition) is 2. The maximum Gasteiger partial charge on any atom is 0.292 e. The van der Waals surface area contributed by atoms with Crippen molar-refractivity contribution in [3.8, 4) is 0 Å². The number of anilines is 1. The number of para-hydroxylation sites is 1. The molecule has 6 heteroatoms. The van der Waals surface area contributed by atoms with Gasteiger partial charge in [-0.15, -0.1) is 0 Å². The summed E-state index contributed by atoms with van der Waals surface area (Å²) < 4.78 is 5.55. The first kappa shape index (κ1) is 12.8. The van der Waals surface area contributed by atoms with Crippen LogP contribution in [0.5, 0.6) is 0 Å². The summed E-state index contributed by atoms with van der Waals surface area (Å²) in [7, 11) is 0. The second-order valence-corrected chi connectivity index (χ2v) is 4.30. The van der Waals surface area contributed by atoms with Crippen molar-refractivity contribution >= 4 is 11.4 Å². The Kier molecular flexibility index (Phi) is 4.11. The Bertz CT molecular complexity index is 431. The smallest absolute Gasteiger partial charge is 0.292 e. The zero-order chi connectivity index (χ0) is 13.0. The van der Waals surface area contributed by atoms with E-state index >= 15 is 0 Å². The maximum atomic E-state index is 10.9. The van der Waals surface area contributed by atoms with Crippen molar-refractivity contribution in [2.75, 3.05) is 31.6 Å². The number of hydrogen-bond acceptors (Lipinski definition) is 5. The van der Waals surface area contributed by atoms with Gasteiger partial charge < -0.3 is 15.4 Å². The van der Waals surface area contributed by atoms with Crippen LogP contribution < -0.4 is 10.6 Å². The molecule has 0 aliphatic carbocycles. The molecule has 2 rings (SSSR count). The van der Waals surface area contributed by atoms with E-state index in [2.05, 4.69) is 10.6 Å². The van der Waals surface area contributed by atoms with E-state index in [1.807, 2.05) is 13.0 Å². The molecule has 1 fully saturated rings. The van der Waals surface area contributed by atoms with E-state index in [4.69, 9.17) is 4.74 Å². The molecule has 0 spiro atoms. The van der Waals surface area contributed by atoms with Crippen LogP contribution in [0.15, 0.2) is 18.2 Å². The first-order valence-electron chi connectivity index (χ1n) is 5.98. The van der Waals surface area contributed by atoms with Crippen molar-refractivity contribution in [3.05, 3.63) is 33.9 Å². The van der Waals surface area contributed by atoms with Crippen LogP contribution in [0.25, 0.3) is 0 Å². The summed E-state index contributed by atoms with van der Waals surface area (Å²) in [6.07, 6.45) is 0.0537. The van der Waals surface area contributed by atoms with E-state index in [0.29, 0.717) is 18.8 Å². The van der Waals surface area contributed by atoms with Gasteiger partial charge in [0, 0.05) is 25.7 Å². The number of nitro groups is 1. The van der Waals surface area contributed by atoms with Gasteiger partial charge in [-0.3, -0.25) is 10.1 Å². The molecule has 98 valence electrons. The molecule has 1 saturated heterocycles. The monoisotopic (exact) mass is 251 g/mol. The molecule has 1 aromatic rings. The normalized spacial score (nSPS) is 19.5. The summed E-state index contributed by atoms with van der Waals surface area (Å²) in [6, 6.07) is 5.06.